The fraction of sp³-hybridized carbons (Fsp3) is 0.200. The zero-order valence-electron chi connectivity index (χ0n) is 19.4. The summed E-state index contributed by atoms with van der Waals surface area (Å²) in [5, 5.41) is 3.33. The Kier molecular flexibility index (Phi) is 6.32. The molecular weight excluding hydrogens is 441 g/mol. The molecule has 0 amide bonds. The molecule has 0 saturated heterocycles. The van der Waals surface area contributed by atoms with Crippen LogP contribution in [0.2, 0.25) is 0 Å². The van der Waals surface area contributed by atoms with Crippen LogP contribution in [-0.4, -0.2) is 11.8 Å². The maximum absolute atomic E-state index is 13.7. The van der Waals surface area contributed by atoms with E-state index in [4.69, 9.17) is 4.74 Å². The number of benzene rings is 3. The molecule has 0 bridgehead atoms. The normalized spacial score (nSPS) is 21.6. The van der Waals surface area contributed by atoms with Crippen LogP contribution in [0.4, 0.5) is 4.39 Å². The summed E-state index contributed by atoms with van der Waals surface area (Å²) in [7, 11) is 0. The largest absolute Gasteiger partial charge is 0.457 e. The number of carbonyl (C=O) groups is 2. The summed E-state index contributed by atoms with van der Waals surface area (Å²) < 4.78 is 19.4. The Labute approximate surface area is 204 Å². The summed E-state index contributed by atoms with van der Waals surface area (Å²) in [5.41, 5.74) is 4.48. The first-order valence-corrected chi connectivity index (χ1v) is 11.7. The maximum Gasteiger partial charge on any atom is 0.336 e. The molecule has 3 unspecified atom stereocenters. The van der Waals surface area contributed by atoms with E-state index < -0.39 is 17.8 Å². The Hall–Kier alpha value is -3.99. The highest BCUT2D eigenvalue weighted by molar-refractivity contribution is 5.96. The Morgan fingerprint density at radius 3 is 2.26 bits per heavy atom. The predicted octanol–water partition coefficient (Wildman–Crippen LogP) is 5.79. The minimum atomic E-state index is -0.566. The molecule has 0 spiro atoms. The Morgan fingerprint density at radius 2 is 1.57 bits per heavy atom. The van der Waals surface area contributed by atoms with Gasteiger partial charge in [0, 0.05) is 29.7 Å². The van der Waals surface area contributed by atoms with Gasteiger partial charge in [-0.2, -0.15) is 0 Å². The SMILES string of the molecule is CC1=C(C(=O)OCc2ccccc2)C(c2ccc(F)cc2)C2C(=O)CC(c3ccccc3)C=C2N1. The van der Waals surface area contributed by atoms with Gasteiger partial charge in [-0.25, -0.2) is 9.18 Å². The van der Waals surface area contributed by atoms with Gasteiger partial charge in [-0.15, -0.1) is 0 Å². The van der Waals surface area contributed by atoms with E-state index in [-0.39, 0.29) is 24.1 Å². The molecule has 3 aromatic carbocycles. The minimum absolute atomic E-state index is 0.0408. The van der Waals surface area contributed by atoms with Crippen LogP contribution in [0.5, 0.6) is 0 Å². The van der Waals surface area contributed by atoms with E-state index in [1.165, 1.54) is 12.1 Å². The number of hydrogen-bond donors (Lipinski definition) is 1. The van der Waals surface area contributed by atoms with E-state index in [0.29, 0.717) is 23.3 Å². The molecular formula is C30H26FNO3. The third kappa shape index (κ3) is 4.67. The molecule has 1 heterocycles. The second kappa shape index (κ2) is 9.71. The molecule has 1 N–H and O–H groups in total. The number of ketones is 1. The lowest BCUT2D eigenvalue weighted by Crippen LogP contribution is -2.41. The molecule has 3 atom stereocenters. The third-order valence-corrected chi connectivity index (χ3v) is 6.75. The van der Waals surface area contributed by atoms with E-state index in [0.717, 1.165) is 16.8 Å². The van der Waals surface area contributed by atoms with Crippen molar-refractivity contribution in [2.45, 2.75) is 31.8 Å². The zero-order valence-corrected chi connectivity index (χ0v) is 19.4. The van der Waals surface area contributed by atoms with Gasteiger partial charge in [0.15, 0.2) is 0 Å². The van der Waals surface area contributed by atoms with Crippen molar-refractivity contribution in [3.05, 3.63) is 130 Å². The zero-order chi connectivity index (χ0) is 24.4. The molecule has 176 valence electrons. The van der Waals surface area contributed by atoms with Crippen molar-refractivity contribution >= 4 is 11.8 Å². The van der Waals surface area contributed by atoms with Gasteiger partial charge < -0.3 is 10.1 Å². The molecule has 1 aliphatic heterocycles. The first-order chi connectivity index (χ1) is 17.0. The second-order valence-electron chi connectivity index (χ2n) is 9.04. The van der Waals surface area contributed by atoms with Crippen LogP contribution >= 0.6 is 0 Å². The molecule has 0 radical (unpaired) electrons. The van der Waals surface area contributed by atoms with Gasteiger partial charge in [-0.1, -0.05) is 78.9 Å². The lowest BCUT2D eigenvalue weighted by molar-refractivity contribution is -0.141. The van der Waals surface area contributed by atoms with E-state index in [9.17, 15) is 14.0 Å². The number of Topliss-reactive ketones (excluding diaryl/α,β-unsaturated/α-hetero) is 1. The highest BCUT2D eigenvalue weighted by atomic mass is 19.1. The smallest absolute Gasteiger partial charge is 0.336 e. The summed E-state index contributed by atoms with van der Waals surface area (Å²) in [6.45, 7) is 1.95. The quantitative estimate of drug-likeness (QED) is 0.483. The van der Waals surface area contributed by atoms with Crippen LogP contribution in [0.15, 0.2) is 108 Å². The average molecular weight is 468 g/mol. The molecule has 5 rings (SSSR count). The number of fused-ring (bicyclic) bond motifs is 1. The number of allylic oxidation sites excluding steroid dienone is 3. The second-order valence-corrected chi connectivity index (χ2v) is 9.04. The van der Waals surface area contributed by atoms with Crippen LogP contribution in [0, 0.1) is 11.7 Å². The van der Waals surface area contributed by atoms with E-state index in [1.807, 2.05) is 67.6 Å². The van der Waals surface area contributed by atoms with Gasteiger partial charge in [0.2, 0.25) is 0 Å². The number of esters is 1. The lowest BCUT2D eigenvalue weighted by Gasteiger charge is -2.39. The van der Waals surface area contributed by atoms with E-state index >= 15 is 0 Å². The molecule has 35 heavy (non-hydrogen) atoms. The van der Waals surface area contributed by atoms with Crippen LogP contribution in [-0.2, 0) is 20.9 Å². The molecule has 4 nitrogen and oxygen atoms in total. The minimum Gasteiger partial charge on any atom is -0.457 e. The third-order valence-electron chi connectivity index (χ3n) is 6.75. The van der Waals surface area contributed by atoms with E-state index in [2.05, 4.69) is 11.4 Å². The van der Waals surface area contributed by atoms with Crippen molar-refractivity contribution in [2.24, 2.45) is 5.92 Å². The molecule has 1 aliphatic carbocycles. The summed E-state index contributed by atoms with van der Waals surface area (Å²) in [5.74, 6) is -1.98. The van der Waals surface area contributed by atoms with Crippen LogP contribution < -0.4 is 5.32 Å². The van der Waals surface area contributed by atoms with Crippen molar-refractivity contribution in [3.8, 4) is 0 Å². The monoisotopic (exact) mass is 467 g/mol. The van der Waals surface area contributed by atoms with Crippen molar-refractivity contribution in [3.63, 3.8) is 0 Å². The number of hydrogen-bond acceptors (Lipinski definition) is 4. The van der Waals surface area contributed by atoms with Gasteiger partial charge in [0.25, 0.3) is 0 Å². The molecule has 0 fully saturated rings. The first kappa shape index (κ1) is 22.8. The molecule has 5 heteroatoms. The predicted molar refractivity (Wildman–Crippen MR) is 132 cm³/mol. The highest BCUT2D eigenvalue weighted by Crippen LogP contribution is 2.46. The number of nitrogens with one attached hydrogen (secondary N) is 1. The molecule has 0 aromatic heterocycles. The fourth-order valence-corrected chi connectivity index (χ4v) is 5.09. The van der Waals surface area contributed by atoms with Crippen LogP contribution in [0.25, 0.3) is 0 Å². The van der Waals surface area contributed by atoms with E-state index in [1.54, 1.807) is 12.1 Å². The number of carbonyl (C=O) groups excluding carboxylic acids is 2. The van der Waals surface area contributed by atoms with Gasteiger partial charge in [-0.3, -0.25) is 4.79 Å². The molecule has 2 aliphatic rings. The summed E-state index contributed by atoms with van der Waals surface area (Å²) in [6.07, 6.45) is 2.43. The highest BCUT2D eigenvalue weighted by Gasteiger charge is 2.45. The standard InChI is InChI=1S/C30H26FNO3/c1-19-27(30(34)35-18-20-8-4-2-5-9-20)28(22-12-14-24(31)15-13-22)29-25(32-19)16-23(17-26(29)33)21-10-6-3-7-11-21/h2-16,23,28-29,32H,17-18H2,1H3. The topological polar surface area (TPSA) is 55.4 Å². The van der Waals surface area contributed by atoms with Crippen LogP contribution in [0.3, 0.4) is 0 Å². The van der Waals surface area contributed by atoms with Gasteiger partial charge >= 0.3 is 5.97 Å². The number of rotatable bonds is 5. The Morgan fingerprint density at radius 1 is 0.914 bits per heavy atom. The van der Waals surface area contributed by atoms with Gasteiger partial charge in [0.05, 0.1) is 11.5 Å². The van der Waals surface area contributed by atoms with Crippen molar-refractivity contribution in [1.29, 1.82) is 0 Å². The fourth-order valence-electron chi connectivity index (χ4n) is 5.09. The number of ether oxygens (including phenoxy) is 1. The van der Waals surface area contributed by atoms with Crippen molar-refractivity contribution in [2.75, 3.05) is 0 Å². The van der Waals surface area contributed by atoms with Crippen molar-refractivity contribution in [1.82, 2.24) is 5.32 Å². The van der Waals surface area contributed by atoms with Crippen LogP contribution in [0.1, 0.15) is 41.9 Å². The van der Waals surface area contributed by atoms with Crippen molar-refractivity contribution < 1.29 is 18.7 Å². The average Bonchev–Trinajstić information content (AvgIpc) is 2.88. The first-order valence-electron chi connectivity index (χ1n) is 11.7. The van der Waals surface area contributed by atoms with Gasteiger partial charge in [-0.05, 0) is 35.7 Å². The summed E-state index contributed by atoms with van der Waals surface area (Å²) >= 11 is 0. The Balaban J connectivity index is 1.53. The maximum atomic E-state index is 13.7. The lowest BCUT2D eigenvalue weighted by atomic mass is 9.68. The summed E-state index contributed by atoms with van der Waals surface area (Å²) in [6, 6.07) is 25.4. The van der Waals surface area contributed by atoms with Gasteiger partial charge in [0.1, 0.15) is 18.2 Å². The Bertz CT molecular complexity index is 1300. The molecule has 3 aromatic rings. The number of halogens is 1. The molecule has 0 saturated carbocycles. The summed E-state index contributed by atoms with van der Waals surface area (Å²) in [4.78, 5) is 27.0.